The van der Waals surface area contributed by atoms with Crippen LogP contribution in [-0.2, 0) is 0 Å². The number of benzene rings is 2. The number of amides is 1. The number of fused-ring (bicyclic) bond motifs is 1. The second-order valence-electron chi connectivity index (χ2n) is 6.59. The van der Waals surface area contributed by atoms with Crippen molar-refractivity contribution in [2.75, 3.05) is 13.1 Å². The third-order valence-corrected chi connectivity index (χ3v) is 5.03. The van der Waals surface area contributed by atoms with Crippen LogP contribution in [0.5, 0.6) is 5.75 Å². The number of pyridine rings is 1. The Kier molecular flexibility index (Phi) is 4.94. The largest absolute Gasteiger partial charge is 0.490 e. The molecule has 0 saturated carbocycles. The third kappa shape index (κ3) is 3.88. The van der Waals surface area contributed by atoms with Gasteiger partial charge >= 0.3 is 0 Å². The van der Waals surface area contributed by atoms with Crippen LogP contribution in [0.4, 0.5) is 4.39 Å². The van der Waals surface area contributed by atoms with Gasteiger partial charge in [-0.3, -0.25) is 9.78 Å². The average molecular weight is 385 g/mol. The molecule has 0 unspecified atom stereocenters. The van der Waals surface area contributed by atoms with Crippen LogP contribution in [0.15, 0.2) is 54.7 Å². The van der Waals surface area contributed by atoms with Crippen molar-refractivity contribution < 1.29 is 13.9 Å². The molecule has 1 aliphatic rings. The highest BCUT2D eigenvalue weighted by molar-refractivity contribution is 6.30. The normalized spacial score (nSPS) is 15.1. The number of aromatic nitrogens is 1. The highest BCUT2D eigenvalue weighted by Gasteiger charge is 2.25. The number of nitrogens with zero attached hydrogens (tertiary/aromatic N) is 2. The lowest BCUT2D eigenvalue weighted by Crippen LogP contribution is -2.41. The zero-order valence-corrected chi connectivity index (χ0v) is 15.3. The molecular weight excluding hydrogens is 367 g/mol. The number of carbonyl (C=O) groups excluding carboxylic acids is 1. The molecule has 0 N–H and O–H groups in total. The first kappa shape index (κ1) is 17.7. The van der Waals surface area contributed by atoms with Gasteiger partial charge in [0.15, 0.2) is 0 Å². The number of rotatable bonds is 3. The molecule has 0 spiro atoms. The first-order valence-corrected chi connectivity index (χ1v) is 9.24. The molecule has 0 atom stereocenters. The predicted molar refractivity (Wildman–Crippen MR) is 103 cm³/mol. The SMILES string of the molecule is O=C(c1ccc(Cl)cc1)N1CCC(Oc2ccnc3ccc(F)cc23)CC1. The van der Waals surface area contributed by atoms with E-state index in [1.165, 1.54) is 12.1 Å². The maximum Gasteiger partial charge on any atom is 0.253 e. The molecule has 1 saturated heterocycles. The molecule has 1 aromatic heterocycles. The van der Waals surface area contributed by atoms with Crippen LogP contribution in [0.25, 0.3) is 10.9 Å². The van der Waals surface area contributed by atoms with E-state index < -0.39 is 0 Å². The highest BCUT2D eigenvalue weighted by Crippen LogP contribution is 2.28. The van der Waals surface area contributed by atoms with E-state index >= 15 is 0 Å². The Balaban J connectivity index is 1.42. The fraction of sp³-hybridized carbons (Fsp3) is 0.238. The standard InChI is InChI=1S/C21H18ClFN2O2/c22-15-3-1-14(2-4-15)21(26)25-11-8-17(9-12-25)27-20-7-10-24-19-6-5-16(23)13-18(19)20/h1-7,10,13,17H,8-9,11-12H2. The zero-order valence-electron chi connectivity index (χ0n) is 14.6. The summed E-state index contributed by atoms with van der Waals surface area (Å²) in [6, 6.07) is 13.2. The summed E-state index contributed by atoms with van der Waals surface area (Å²) in [7, 11) is 0. The molecule has 2 aromatic carbocycles. The van der Waals surface area contributed by atoms with Gasteiger partial charge in [-0.25, -0.2) is 4.39 Å². The van der Waals surface area contributed by atoms with Crippen LogP contribution in [-0.4, -0.2) is 35.0 Å². The number of carbonyl (C=O) groups is 1. The summed E-state index contributed by atoms with van der Waals surface area (Å²) in [5.74, 6) is 0.312. The van der Waals surface area contributed by atoms with Crippen LogP contribution in [0.1, 0.15) is 23.2 Å². The molecule has 1 amide bonds. The first-order chi connectivity index (χ1) is 13.1. The molecule has 138 valence electrons. The summed E-state index contributed by atoms with van der Waals surface area (Å²) in [6.07, 6.45) is 3.08. The summed E-state index contributed by atoms with van der Waals surface area (Å²) in [4.78, 5) is 18.6. The molecule has 27 heavy (non-hydrogen) atoms. The van der Waals surface area contributed by atoms with Gasteiger partial charge in [-0.2, -0.15) is 0 Å². The summed E-state index contributed by atoms with van der Waals surface area (Å²) in [6.45, 7) is 1.23. The lowest BCUT2D eigenvalue weighted by molar-refractivity contribution is 0.0598. The number of hydrogen-bond donors (Lipinski definition) is 0. The number of hydrogen-bond acceptors (Lipinski definition) is 3. The Morgan fingerprint density at radius 1 is 1.11 bits per heavy atom. The third-order valence-electron chi connectivity index (χ3n) is 4.78. The van der Waals surface area contributed by atoms with Crippen molar-refractivity contribution in [2.24, 2.45) is 0 Å². The summed E-state index contributed by atoms with van der Waals surface area (Å²) >= 11 is 5.88. The van der Waals surface area contributed by atoms with Crippen molar-refractivity contribution >= 4 is 28.4 Å². The summed E-state index contributed by atoms with van der Waals surface area (Å²) in [5.41, 5.74) is 1.33. The molecule has 0 aliphatic carbocycles. The van der Waals surface area contributed by atoms with Crippen LogP contribution in [0.3, 0.4) is 0 Å². The summed E-state index contributed by atoms with van der Waals surface area (Å²) in [5, 5.41) is 1.27. The lowest BCUT2D eigenvalue weighted by atomic mass is 10.1. The van der Waals surface area contributed by atoms with E-state index in [9.17, 15) is 9.18 Å². The van der Waals surface area contributed by atoms with E-state index in [4.69, 9.17) is 16.3 Å². The molecular formula is C21H18ClFN2O2. The van der Waals surface area contributed by atoms with E-state index in [0.29, 0.717) is 40.3 Å². The molecule has 0 bridgehead atoms. The van der Waals surface area contributed by atoms with Gasteiger partial charge in [0.2, 0.25) is 0 Å². The van der Waals surface area contributed by atoms with Gasteiger partial charge in [-0.05, 0) is 48.5 Å². The lowest BCUT2D eigenvalue weighted by Gasteiger charge is -2.32. The first-order valence-electron chi connectivity index (χ1n) is 8.86. The van der Waals surface area contributed by atoms with Crippen LogP contribution in [0, 0.1) is 5.82 Å². The van der Waals surface area contributed by atoms with Gasteiger partial charge < -0.3 is 9.64 Å². The molecule has 1 aliphatic heterocycles. The Morgan fingerprint density at radius 2 is 1.85 bits per heavy atom. The van der Waals surface area contributed by atoms with E-state index in [0.717, 1.165) is 12.8 Å². The fourth-order valence-electron chi connectivity index (χ4n) is 3.33. The Hall–Kier alpha value is -2.66. The number of halogens is 2. The van der Waals surface area contributed by atoms with Gasteiger partial charge in [-0.15, -0.1) is 0 Å². The van der Waals surface area contributed by atoms with Crippen LogP contribution < -0.4 is 4.74 Å². The van der Waals surface area contributed by atoms with Crippen molar-refractivity contribution in [1.29, 1.82) is 0 Å². The minimum absolute atomic E-state index is 0.00143. The topological polar surface area (TPSA) is 42.4 Å². The quantitative estimate of drug-likeness (QED) is 0.656. The number of piperidine rings is 1. The minimum Gasteiger partial charge on any atom is -0.490 e. The Bertz CT molecular complexity index is 970. The van der Waals surface area contributed by atoms with Gasteiger partial charge in [0.05, 0.1) is 5.52 Å². The van der Waals surface area contributed by atoms with Crippen molar-refractivity contribution in [2.45, 2.75) is 18.9 Å². The van der Waals surface area contributed by atoms with E-state index in [1.54, 1.807) is 42.6 Å². The van der Waals surface area contributed by atoms with Crippen LogP contribution >= 0.6 is 11.6 Å². The molecule has 4 rings (SSSR count). The predicted octanol–water partition coefficient (Wildman–Crippen LogP) is 4.71. The van der Waals surface area contributed by atoms with Gasteiger partial charge in [0.1, 0.15) is 17.7 Å². The zero-order chi connectivity index (χ0) is 18.8. The maximum absolute atomic E-state index is 13.6. The fourth-order valence-corrected chi connectivity index (χ4v) is 3.45. The van der Waals surface area contributed by atoms with Crippen molar-refractivity contribution in [1.82, 2.24) is 9.88 Å². The van der Waals surface area contributed by atoms with E-state index in [-0.39, 0.29) is 17.8 Å². The molecule has 3 aromatic rings. The smallest absolute Gasteiger partial charge is 0.253 e. The van der Waals surface area contributed by atoms with Crippen molar-refractivity contribution in [3.8, 4) is 5.75 Å². The maximum atomic E-state index is 13.6. The minimum atomic E-state index is -0.316. The number of ether oxygens (including phenoxy) is 1. The Labute approximate surface area is 161 Å². The second-order valence-corrected chi connectivity index (χ2v) is 7.02. The monoisotopic (exact) mass is 384 g/mol. The average Bonchev–Trinajstić information content (AvgIpc) is 2.69. The van der Waals surface area contributed by atoms with E-state index in [1.807, 2.05) is 4.90 Å². The van der Waals surface area contributed by atoms with Gasteiger partial charge in [-0.1, -0.05) is 11.6 Å². The van der Waals surface area contributed by atoms with Crippen molar-refractivity contribution in [3.63, 3.8) is 0 Å². The van der Waals surface area contributed by atoms with Gasteiger partial charge in [0.25, 0.3) is 5.91 Å². The second kappa shape index (κ2) is 7.53. The van der Waals surface area contributed by atoms with E-state index in [2.05, 4.69) is 4.98 Å². The molecule has 1 fully saturated rings. The van der Waals surface area contributed by atoms with Crippen molar-refractivity contribution in [3.05, 3.63) is 71.1 Å². The molecule has 2 heterocycles. The molecule has 4 nitrogen and oxygen atoms in total. The number of likely N-dealkylation sites (tertiary alicyclic amines) is 1. The molecule has 0 radical (unpaired) electrons. The summed E-state index contributed by atoms with van der Waals surface area (Å²) < 4.78 is 19.7. The van der Waals surface area contributed by atoms with Gasteiger partial charge in [0, 0.05) is 48.1 Å². The van der Waals surface area contributed by atoms with Crippen LogP contribution in [0.2, 0.25) is 5.02 Å². The Morgan fingerprint density at radius 3 is 2.59 bits per heavy atom. The molecule has 6 heteroatoms. The highest BCUT2D eigenvalue weighted by atomic mass is 35.5.